The van der Waals surface area contributed by atoms with Gasteiger partial charge < -0.3 is 4.90 Å². The number of carbonyl (C=O) groups is 1. The molecule has 0 saturated heterocycles. The highest BCUT2D eigenvalue weighted by Gasteiger charge is 2.33. The van der Waals surface area contributed by atoms with E-state index in [0.717, 1.165) is 18.2 Å². The van der Waals surface area contributed by atoms with Crippen molar-refractivity contribution in [3.8, 4) is 0 Å². The summed E-state index contributed by atoms with van der Waals surface area (Å²) in [4.78, 5) is 12.6. The number of thiol groups is 1. The van der Waals surface area contributed by atoms with Gasteiger partial charge in [-0.2, -0.15) is 13.2 Å². The van der Waals surface area contributed by atoms with Gasteiger partial charge >= 0.3 is 6.18 Å². The molecule has 0 N–H and O–H groups in total. The van der Waals surface area contributed by atoms with E-state index in [9.17, 15) is 22.4 Å². The van der Waals surface area contributed by atoms with Crippen molar-refractivity contribution in [3.05, 3.63) is 29.6 Å². The Balaban J connectivity index is 2.95. The third-order valence-electron chi connectivity index (χ3n) is 2.34. The van der Waals surface area contributed by atoms with Crippen LogP contribution in [0.15, 0.2) is 23.1 Å². The van der Waals surface area contributed by atoms with Crippen molar-refractivity contribution in [1.82, 2.24) is 4.90 Å². The number of halogens is 4. The minimum atomic E-state index is -4.46. The van der Waals surface area contributed by atoms with E-state index in [4.69, 9.17) is 0 Å². The first-order valence-electron chi connectivity index (χ1n) is 5.59. The minimum absolute atomic E-state index is 0.0101. The zero-order chi connectivity index (χ0) is 14.6. The van der Waals surface area contributed by atoms with Crippen molar-refractivity contribution < 1.29 is 22.4 Å². The fraction of sp³-hybridized carbons (Fsp3) is 0.417. The average Bonchev–Trinajstić information content (AvgIpc) is 2.29. The number of hydrogen-bond donors (Lipinski definition) is 1. The van der Waals surface area contributed by atoms with Gasteiger partial charge in [-0.1, -0.05) is 6.92 Å². The third-order valence-corrected chi connectivity index (χ3v) is 2.69. The second kappa shape index (κ2) is 6.27. The zero-order valence-electron chi connectivity index (χ0n) is 10.2. The van der Waals surface area contributed by atoms with E-state index in [1.54, 1.807) is 6.92 Å². The largest absolute Gasteiger partial charge is 0.406 e. The first kappa shape index (κ1) is 15.8. The van der Waals surface area contributed by atoms with Crippen LogP contribution in [0.3, 0.4) is 0 Å². The molecule has 0 fully saturated rings. The molecule has 1 amide bonds. The Morgan fingerprint density at radius 2 is 2.00 bits per heavy atom. The first-order chi connectivity index (χ1) is 8.74. The highest BCUT2D eigenvalue weighted by atomic mass is 32.1. The van der Waals surface area contributed by atoms with Crippen molar-refractivity contribution in [3.63, 3.8) is 0 Å². The fourth-order valence-corrected chi connectivity index (χ4v) is 1.78. The SMILES string of the molecule is CCCN(CC(F)(F)F)C(=O)c1ccc(F)c(S)c1. The van der Waals surface area contributed by atoms with Crippen LogP contribution >= 0.6 is 12.6 Å². The van der Waals surface area contributed by atoms with Gasteiger partial charge in [-0.3, -0.25) is 4.79 Å². The molecule has 0 saturated carbocycles. The van der Waals surface area contributed by atoms with Crippen LogP contribution in [0, 0.1) is 5.82 Å². The summed E-state index contributed by atoms with van der Waals surface area (Å²) in [5, 5.41) is 0. The Bertz CT molecular complexity index is 462. The quantitative estimate of drug-likeness (QED) is 0.665. The van der Waals surface area contributed by atoms with Crippen LogP contribution in [-0.2, 0) is 0 Å². The van der Waals surface area contributed by atoms with E-state index in [1.165, 1.54) is 0 Å². The fourth-order valence-electron chi connectivity index (χ4n) is 1.57. The third kappa shape index (κ3) is 4.74. The van der Waals surface area contributed by atoms with Gasteiger partial charge in [0.15, 0.2) is 0 Å². The molecule has 0 aliphatic carbocycles. The van der Waals surface area contributed by atoms with Gasteiger partial charge in [0.25, 0.3) is 5.91 Å². The van der Waals surface area contributed by atoms with E-state index in [-0.39, 0.29) is 17.0 Å². The number of alkyl halides is 3. The number of rotatable bonds is 4. The maximum absolute atomic E-state index is 13.0. The van der Waals surface area contributed by atoms with Gasteiger partial charge in [-0.05, 0) is 24.6 Å². The summed E-state index contributed by atoms with van der Waals surface area (Å²) < 4.78 is 50.1. The molecule has 0 aliphatic rings. The van der Waals surface area contributed by atoms with Crippen LogP contribution in [0.1, 0.15) is 23.7 Å². The molecule has 7 heteroatoms. The Hall–Kier alpha value is -1.24. The molecular weight excluding hydrogens is 282 g/mol. The van der Waals surface area contributed by atoms with E-state index >= 15 is 0 Å². The maximum Gasteiger partial charge on any atom is 0.406 e. The minimum Gasteiger partial charge on any atom is -0.330 e. The molecule has 0 aliphatic heterocycles. The molecule has 1 aromatic carbocycles. The second-order valence-corrected chi connectivity index (χ2v) is 4.49. The summed E-state index contributed by atoms with van der Waals surface area (Å²) in [5.41, 5.74) is -0.0101. The second-order valence-electron chi connectivity index (χ2n) is 4.01. The number of hydrogen-bond acceptors (Lipinski definition) is 2. The zero-order valence-corrected chi connectivity index (χ0v) is 11.1. The Labute approximate surface area is 113 Å². The molecule has 0 unspecified atom stereocenters. The van der Waals surface area contributed by atoms with E-state index < -0.39 is 24.4 Å². The molecule has 2 nitrogen and oxygen atoms in total. The number of nitrogens with zero attached hydrogens (tertiary/aromatic N) is 1. The summed E-state index contributed by atoms with van der Waals surface area (Å²) in [5.74, 6) is -1.41. The lowest BCUT2D eigenvalue weighted by Gasteiger charge is -2.23. The summed E-state index contributed by atoms with van der Waals surface area (Å²) in [7, 11) is 0. The summed E-state index contributed by atoms with van der Waals surface area (Å²) >= 11 is 3.80. The molecular formula is C12H13F4NOS. The lowest BCUT2D eigenvalue weighted by Crippen LogP contribution is -2.39. The normalized spacial score (nSPS) is 11.5. The van der Waals surface area contributed by atoms with Crippen molar-refractivity contribution in [2.24, 2.45) is 0 Å². The molecule has 106 valence electrons. The molecule has 0 heterocycles. The van der Waals surface area contributed by atoms with Gasteiger partial charge in [0.2, 0.25) is 0 Å². The Kier molecular flexibility index (Phi) is 5.22. The van der Waals surface area contributed by atoms with Crippen molar-refractivity contribution in [2.75, 3.05) is 13.1 Å². The smallest absolute Gasteiger partial charge is 0.330 e. The molecule has 0 radical (unpaired) electrons. The van der Waals surface area contributed by atoms with E-state index in [0.29, 0.717) is 11.3 Å². The van der Waals surface area contributed by atoms with Crippen molar-refractivity contribution in [1.29, 1.82) is 0 Å². The molecule has 0 spiro atoms. The van der Waals surface area contributed by atoms with Crippen molar-refractivity contribution in [2.45, 2.75) is 24.4 Å². The van der Waals surface area contributed by atoms with E-state index in [1.807, 2.05) is 0 Å². The number of amides is 1. The van der Waals surface area contributed by atoms with Gasteiger partial charge in [0.1, 0.15) is 12.4 Å². The van der Waals surface area contributed by atoms with Crippen LogP contribution in [0.4, 0.5) is 17.6 Å². The maximum atomic E-state index is 13.0. The molecule has 0 atom stereocenters. The van der Waals surface area contributed by atoms with E-state index in [2.05, 4.69) is 12.6 Å². The lowest BCUT2D eigenvalue weighted by atomic mass is 10.2. The van der Waals surface area contributed by atoms with Crippen molar-refractivity contribution >= 4 is 18.5 Å². The van der Waals surface area contributed by atoms with Crippen LogP contribution in [0.5, 0.6) is 0 Å². The topological polar surface area (TPSA) is 20.3 Å². The standard InChI is InChI=1S/C12H13F4NOS/c1-2-5-17(7-12(14,15)16)11(18)8-3-4-9(13)10(19)6-8/h3-4,6,19H,2,5,7H2,1H3. The van der Waals surface area contributed by atoms with Crippen LogP contribution in [-0.4, -0.2) is 30.1 Å². The van der Waals surface area contributed by atoms with Crippen LogP contribution in [0.25, 0.3) is 0 Å². The van der Waals surface area contributed by atoms with Gasteiger partial charge in [0.05, 0.1) is 0 Å². The monoisotopic (exact) mass is 295 g/mol. The lowest BCUT2D eigenvalue weighted by molar-refractivity contribution is -0.140. The summed E-state index contributed by atoms with van der Waals surface area (Å²) in [6.07, 6.45) is -4.06. The molecule has 1 aromatic rings. The van der Waals surface area contributed by atoms with Gasteiger partial charge in [0, 0.05) is 17.0 Å². The number of benzene rings is 1. The molecule has 1 rings (SSSR count). The van der Waals surface area contributed by atoms with Gasteiger partial charge in [-0.25, -0.2) is 4.39 Å². The van der Waals surface area contributed by atoms with Crippen LogP contribution in [0.2, 0.25) is 0 Å². The molecule has 19 heavy (non-hydrogen) atoms. The Morgan fingerprint density at radius 3 is 2.47 bits per heavy atom. The predicted molar refractivity (Wildman–Crippen MR) is 65.9 cm³/mol. The number of carbonyl (C=O) groups excluding carboxylic acids is 1. The highest BCUT2D eigenvalue weighted by molar-refractivity contribution is 7.80. The van der Waals surface area contributed by atoms with Gasteiger partial charge in [-0.15, -0.1) is 12.6 Å². The Morgan fingerprint density at radius 1 is 1.37 bits per heavy atom. The average molecular weight is 295 g/mol. The molecule has 0 aromatic heterocycles. The molecule has 0 bridgehead atoms. The summed E-state index contributed by atoms with van der Waals surface area (Å²) in [6.45, 7) is 0.335. The highest BCUT2D eigenvalue weighted by Crippen LogP contribution is 2.20. The summed E-state index contributed by atoms with van der Waals surface area (Å²) in [6, 6.07) is 3.28. The first-order valence-corrected chi connectivity index (χ1v) is 6.04. The van der Waals surface area contributed by atoms with Crippen LogP contribution < -0.4 is 0 Å². The predicted octanol–water partition coefficient (Wildman–Crippen LogP) is 3.53.